The molecule has 1 heterocycles. The van der Waals surface area contributed by atoms with Gasteiger partial charge in [-0.1, -0.05) is 13.2 Å². The smallest absolute Gasteiger partial charge is 0.353 e. The number of rotatable bonds is 4. The lowest BCUT2D eigenvalue weighted by atomic mass is 10.9. The van der Waals surface area contributed by atoms with Gasteiger partial charge in [0.2, 0.25) is 0 Å². The van der Waals surface area contributed by atoms with E-state index in [1.807, 2.05) is 0 Å². The minimum Gasteiger partial charge on any atom is -0.434 e. The second-order valence-electron chi connectivity index (χ2n) is 1.81. The van der Waals surface area contributed by atoms with Crippen LogP contribution in [0.2, 0.25) is 0 Å². The van der Waals surface area contributed by atoms with Crippen LogP contribution in [0.3, 0.4) is 0 Å². The third-order valence-corrected chi connectivity index (χ3v) is 0.992. The van der Waals surface area contributed by atoms with Crippen molar-refractivity contribution in [3.8, 4) is 12.0 Å². The second-order valence-corrected chi connectivity index (χ2v) is 1.81. The highest BCUT2D eigenvalue weighted by Crippen LogP contribution is 2.03. The van der Waals surface area contributed by atoms with E-state index in [1.54, 1.807) is 0 Å². The Bertz CT molecular complexity index is 340. The maximum Gasteiger partial charge on any atom is 0.353 e. The van der Waals surface area contributed by atoms with Crippen molar-refractivity contribution in [3.05, 3.63) is 36.2 Å². The van der Waals surface area contributed by atoms with Gasteiger partial charge in [-0.05, 0) is 0 Å². The lowest BCUT2D eigenvalue weighted by Crippen LogP contribution is -2.13. The van der Waals surface area contributed by atoms with Crippen molar-refractivity contribution in [1.82, 2.24) is 15.0 Å². The van der Waals surface area contributed by atoms with Gasteiger partial charge in [-0.3, -0.25) is 4.98 Å². The molecule has 1 aromatic heterocycles. The zero-order valence-corrected chi connectivity index (χ0v) is 6.69. The van der Waals surface area contributed by atoms with Crippen molar-refractivity contribution in [2.45, 2.75) is 0 Å². The summed E-state index contributed by atoms with van der Waals surface area (Å²) in [6, 6.07) is -0.164. The van der Waals surface area contributed by atoms with E-state index >= 15 is 0 Å². The lowest BCUT2D eigenvalue weighted by molar-refractivity contribution is 0.393. The van der Waals surface area contributed by atoms with E-state index in [-0.39, 0.29) is 12.0 Å². The monoisotopic (exact) mass is 181 g/mol. The fraction of sp³-hybridized carbons (Fsp3) is 0. The van der Waals surface area contributed by atoms with Crippen LogP contribution in [0.4, 0.5) is 0 Å². The Hall–Kier alpha value is -2.11. The van der Waals surface area contributed by atoms with E-state index < -0.39 is 5.69 Å². The van der Waals surface area contributed by atoms with Crippen LogP contribution in [-0.2, 0) is 0 Å². The van der Waals surface area contributed by atoms with E-state index in [1.165, 1.54) is 0 Å². The molecule has 0 amide bonds. The third kappa shape index (κ3) is 2.44. The minimum absolute atomic E-state index is 0.0353. The molecule has 1 N–H and O–H groups in total. The van der Waals surface area contributed by atoms with Gasteiger partial charge < -0.3 is 9.47 Å². The van der Waals surface area contributed by atoms with Crippen LogP contribution >= 0.6 is 0 Å². The predicted molar refractivity (Wildman–Crippen MR) is 44.3 cm³/mol. The summed E-state index contributed by atoms with van der Waals surface area (Å²) in [7, 11) is 0. The topological polar surface area (TPSA) is 77.1 Å². The van der Waals surface area contributed by atoms with Gasteiger partial charge in [-0.25, -0.2) is 4.79 Å². The minimum atomic E-state index is -0.622. The molecule has 6 nitrogen and oxygen atoms in total. The van der Waals surface area contributed by atoms with E-state index in [0.29, 0.717) is 0 Å². The van der Waals surface area contributed by atoms with Gasteiger partial charge in [0, 0.05) is 0 Å². The summed E-state index contributed by atoms with van der Waals surface area (Å²) in [5, 5.41) is 0. The van der Waals surface area contributed by atoms with Crippen molar-refractivity contribution in [2.24, 2.45) is 0 Å². The van der Waals surface area contributed by atoms with Crippen LogP contribution in [0.1, 0.15) is 0 Å². The van der Waals surface area contributed by atoms with Gasteiger partial charge in [0.15, 0.2) is 0 Å². The fourth-order valence-electron chi connectivity index (χ4n) is 0.608. The number of aromatic nitrogens is 3. The van der Waals surface area contributed by atoms with Crippen molar-refractivity contribution in [1.29, 1.82) is 0 Å². The average molecular weight is 181 g/mol. The molecule has 0 aromatic carbocycles. The maximum absolute atomic E-state index is 10.8. The average Bonchev–Trinajstić information content (AvgIpc) is 2.04. The third-order valence-electron chi connectivity index (χ3n) is 0.992. The molecule has 0 spiro atoms. The summed E-state index contributed by atoms with van der Waals surface area (Å²) in [5.74, 6) is 0. The Morgan fingerprint density at radius 3 is 2.54 bits per heavy atom. The first kappa shape index (κ1) is 8.98. The number of aromatic amines is 1. The van der Waals surface area contributed by atoms with E-state index in [2.05, 4.69) is 32.8 Å². The molecule has 68 valence electrons. The molecule has 0 radical (unpaired) electrons. The molecular formula is C7H7N3O3. The van der Waals surface area contributed by atoms with Gasteiger partial charge >= 0.3 is 17.7 Å². The molecule has 6 heteroatoms. The molecule has 0 fully saturated rings. The quantitative estimate of drug-likeness (QED) is 0.672. The highest BCUT2D eigenvalue weighted by Gasteiger charge is 2.01. The molecular weight excluding hydrogens is 174 g/mol. The van der Waals surface area contributed by atoms with Crippen LogP contribution in [0, 0.1) is 0 Å². The second kappa shape index (κ2) is 4.05. The molecule has 1 aromatic rings. The summed E-state index contributed by atoms with van der Waals surface area (Å²) in [4.78, 5) is 20.1. The normalized spacial score (nSPS) is 8.92. The van der Waals surface area contributed by atoms with Gasteiger partial charge in [0.25, 0.3) is 0 Å². The summed E-state index contributed by atoms with van der Waals surface area (Å²) in [6.45, 7) is 6.58. The van der Waals surface area contributed by atoms with Gasteiger partial charge in [0.1, 0.15) is 0 Å². The first-order valence-electron chi connectivity index (χ1n) is 3.29. The zero-order chi connectivity index (χ0) is 9.68. The fourth-order valence-corrected chi connectivity index (χ4v) is 0.608. The molecule has 13 heavy (non-hydrogen) atoms. The van der Waals surface area contributed by atoms with Gasteiger partial charge in [0.05, 0.1) is 12.5 Å². The van der Waals surface area contributed by atoms with Crippen molar-refractivity contribution >= 4 is 0 Å². The summed E-state index contributed by atoms with van der Waals surface area (Å²) >= 11 is 0. The van der Waals surface area contributed by atoms with Crippen molar-refractivity contribution in [2.75, 3.05) is 0 Å². The lowest BCUT2D eigenvalue weighted by Gasteiger charge is -1.99. The largest absolute Gasteiger partial charge is 0.434 e. The standard InChI is InChI=1S/C7H7N3O3/c1-3-12-6-8-5(11)9-7(10-6)13-4-2/h3-4H,1-2H2,(H,8,9,10,11). The maximum atomic E-state index is 10.8. The number of nitrogens with zero attached hydrogens (tertiary/aromatic N) is 2. The van der Waals surface area contributed by atoms with Crippen LogP contribution in [-0.4, -0.2) is 15.0 Å². The zero-order valence-electron chi connectivity index (χ0n) is 6.69. The van der Waals surface area contributed by atoms with Gasteiger partial charge in [-0.15, -0.1) is 9.97 Å². The summed E-state index contributed by atoms with van der Waals surface area (Å²) in [5.41, 5.74) is -0.622. The molecule has 0 aliphatic heterocycles. The SMILES string of the molecule is C=COc1nc(OC=C)[nH]c(=O)n1. The molecule has 0 saturated carbocycles. The Morgan fingerprint density at radius 1 is 1.23 bits per heavy atom. The van der Waals surface area contributed by atoms with Crippen LogP contribution in [0.15, 0.2) is 30.5 Å². The molecule has 0 aliphatic rings. The van der Waals surface area contributed by atoms with E-state index in [9.17, 15) is 4.79 Å². The number of H-pyrrole nitrogens is 1. The Labute approximate surface area is 73.6 Å². The predicted octanol–water partition coefficient (Wildman–Crippen LogP) is 0.209. The highest BCUT2D eigenvalue weighted by atomic mass is 16.5. The molecule has 0 saturated heterocycles. The number of hydrogen-bond donors (Lipinski definition) is 1. The van der Waals surface area contributed by atoms with Crippen LogP contribution in [0.25, 0.3) is 0 Å². The number of nitrogens with one attached hydrogen (secondary N) is 1. The van der Waals surface area contributed by atoms with Crippen LogP contribution in [0.5, 0.6) is 12.0 Å². The Morgan fingerprint density at radius 2 is 1.92 bits per heavy atom. The van der Waals surface area contributed by atoms with Crippen molar-refractivity contribution < 1.29 is 9.47 Å². The molecule has 0 bridgehead atoms. The van der Waals surface area contributed by atoms with E-state index in [4.69, 9.17) is 4.74 Å². The van der Waals surface area contributed by atoms with E-state index in [0.717, 1.165) is 12.5 Å². The number of hydrogen-bond acceptors (Lipinski definition) is 5. The van der Waals surface area contributed by atoms with Gasteiger partial charge in [-0.2, -0.15) is 0 Å². The summed E-state index contributed by atoms with van der Waals surface area (Å²) < 4.78 is 9.40. The number of ether oxygens (including phenoxy) is 2. The van der Waals surface area contributed by atoms with Crippen molar-refractivity contribution in [3.63, 3.8) is 0 Å². The van der Waals surface area contributed by atoms with Crippen LogP contribution < -0.4 is 15.2 Å². The molecule has 0 unspecified atom stereocenters. The molecule has 0 atom stereocenters. The molecule has 0 aliphatic carbocycles. The Balaban J connectivity index is 3.02. The Kier molecular flexibility index (Phi) is 2.80. The molecule has 1 rings (SSSR count). The first-order valence-corrected chi connectivity index (χ1v) is 3.29. The first-order chi connectivity index (χ1) is 6.26. The summed E-state index contributed by atoms with van der Waals surface area (Å²) in [6.07, 6.45) is 2.22. The highest BCUT2D eigenvalue weighted by molar-refractivity contribution is 5.01.